The van der Waals surface area contributed by atoms with Crippen LogP contribution in [0.5, 0.6) is 5.75 Å². The van der Waals surface area contributed by atoms with Gasteiger partial charge in [0.15, 0.2) is 0 Å². The molecular weight excluding hydrogens is 230 g/mol. The largest absolute Gasteiger partial charge is 0.494 e. The lowest BCUT2D eigenvalue weighted by molar-refractivity contribution is 0.414. The number of H-pyrrole nitrogens is 1. The van der Waals surface area contributed by atoms with Gasteiger partial charge in [-0.3, -0.25) is 9.78 Å². The molecule has 5 heteroatoms. The van der Waals surface area contributed by atoms with Gasteiger partial charge in [0, 0.05) is 35.9 Å². The summed E-state index contributed by atoms with van der Waals surface area (Å²) in [5.41, 5.74) is 2.32. The first-order chi connectivity index (χ1) is 8.79. The summed E-state index contributed by atoms with van der Waals surface area (Å²) < 4.78 is 7.05. The molecule has 0 fully saturated rings. The average molecular weight is 241 g/mol. The predicted molar refractivity (Wildman–Crippen MR) is 67.8 cm³/mol. The van der Waals surface area contributed by atoms with Crippen LogP contribution in [-0.2, 0) is 0 Å². The third-order valence-corrected chi connectivity index (χ3v) is 2.85. The number of aromatic nitrogens is 3. The Morgan fingerprint density at radius 1 is 1.44 bits per heavy atom. The highest BCUT2D eigenvalue weighted by Gasteiger charge is 2.09. The van der Waals surface area contributed by atoms with E-state index in [2.05, 4.69) is 9.97 Å². The first-order valence-electron chi connectivity index (χ1n) is 5.47. The van der Waals surface area contributed by atoms with E-state index in [1.54, 1.807) is 36.3 Å². The van der Waals surface area contributed by atoms with Crippen molar-refractivity contribution in [3.05, 3.63) is 53.5 Å². The molecule has 0 atom stereocenters. The topological polar surface area (TPSA) is 59.4 Å². The van der Waals surface area contributed by atoms with Gasteiger partial charge < -0.3 is 14.1 Å². The van der Waals surface area contributed by atoms with Crippen LogP contribution in [-0.4, -0.2) is 21.5 Å². The van der Waals surface area contributed by atoms with Gasteiger partial charge in [-0.05, 0) is 12.1 Å². The van der Waals surface area contributed by atoms with E-state index in [1.807, 2.05) is 18.3 Å². The summed E-state index contributed by atoms with van der Waals surface area (Å²) >= 11 is 0. The van der Waals surface area contributed by atoms with E-state index in [4.69, 9.17) is 4.74 Å². The van der Waals surface area contributed by atoms with Gasteiger partial charge in [0.2, 0.25) is 0 Å². The molecule has 90 valence electrons. The van der Waals surface area contributed by atoms with Gasteiger partial charge in [-0.25, -0.2) is 0 Å². The van der Waals surface area contributed by atoms with Crippen molar-refractivity contribution in [2.75, 3.05) is 7.11 Å². The number of rotatable bonds is 2. The van der Waals surface area contributed by atoms with Crippen molar-refractivity contribution < 1.29 is 4.74 Å². The Kier molecular flexibility index (Phi) is 2.37. The number of aromatic amines is 1. The maximum atomic E-state index is 11.7. The molecule has 18 heavy (non-hydrogen) atoms. The second-order valence-electron chi connectivity index (χ2n) is 3.89. The standard InChI is InChI=1S/C13H11N3O2/c1-18-12-7-14-3-2-10(12)9-6-11-13(17)15-4-5-16(11)8-9/h2-8H,1H3,(H,15,17). The number of nitrogens with zero attached hydrogens (tertiary/aromatic N) is 2. The predicted octanol–water partition coefficient (Wildman–Crippen LogP) is 1.70. The van der Waals surface area contributed by atoms with Crippen molar-refractivity contribution in [3.8, 4) is 16.9 Å². The van der Waals surface area contributed by atoms with E-state index in [1.165, 1.54) is 0 Å². The highest BCUT2D eigenvalue weighted by atomic mass is 16.5. The monoisotopic (exact) mass is 241 g/mol. The normalized spacial score (nSPS) is 10.7. The van der Waals surface area contributed by atoms with E-state index >= 15 is 0 Å². The van der Waals surface area contributed by atoms with Gasteiger partial charge in [-0.2, -0.15) is 0 Å². The molecule has 0 aliphatic rings. The van der Waals surface area contributed by atoms with Crippen LogP contribution < -0.4 is 10.3 Å². The van der Waals surface area contributed by atoms with Crippen LogP contribution >= 0.6 is 0 Å². The van der Waals surface area contributed by atoms with Crippen LogP contribution in [0.2, 0.25) is 0 Å². The van der Waals surface area contributed by atoms with Gasteiger partial charge in [0.05, 0.1) is 13.3 Å². The number of ether oxygens (including phenoxy) is 1. The van der Waals surface area contributed by atoms with Crippen molar-refractivity contribution in [3.63, 3.8) is 0 Å². The van der Waals surface area contributed by atoms with E-state index in [0.29, 0.717) is 11.3 Å². The summed E-state index contributed by atoms with van der Waals surface area (Å²) in [6, 6.07) is 3.69. The Bertz CT molecular complexity index is 758. The molecule has 3 aromatic heterocycles. The molecule has 0 bridgehead atoms. The molecule has 0 saturated heterocycles. The van der Waals surface area contributed by atoms with E-state index < -0.39 is 0 Å². The minimum Gasteiger partial charge on any atom is -0.494 e. The smallest absolute Gasteiger partial charge is 0.272 e. The Balaban J connectivity index is 2.26. The van der Waals surface area contributed by atoms with Gasteiger partial charge >= 0.3 is 0 Å². The van der Waals surface area contributed by atoms with Crippen LogP contribution in [0, 0.1) is 0 Å². The van der Waals surface area contributed by atoms with E-state index in [0.717, 1.165) is 11.1 Å². The lowest BCUT2D eigenvalue weighted by Gasteiger charge is -2.04. The second kappa shape index (κ2) is 4.03. The molecule has 0 aliphatic heterocycles. The SMILES string of the molecule is COc1cnccc1-c1cc2c(=O)[nH]ccn2c1. The third-order valence-electron chi connectivity index (χ3n) is 2.85. The lowest BCUT2D eigenvalue weighted by atomic mass is 10.1. The minimum absolute atomic E-state index is 0.114. The van der Waals surface area contributed by atoms with Crippen molar-refractivity contribution in [1.29, 1.82) is 0 Å². The maximum absolute atomic E-state index is 11.7. The fraction of sp³-hybridized carbons (Fsp3) is 0.0769. The first kappa shape index (κ1) is 10.6. The van der Waals surface area contributed by atoms with Crippen LogP contribution in [0.25, 0.3) is 16.6 Å². The van der Waals surface area contributed by atoms with Gasteiger partial charge in [-0.15, -0.1) is 0 Å². The molecule has 1 N–H and O–H groups in total. The second-order valence-corrected chi connectivity index (χ2v) is 3.89. The fourth-order valence-corrected chi connectivity index (χ4v) is 1.98. The van der Waals surface area contributed by atoms with Gasteiger partial charge in [-0.1, -0.05) is 0 Å². The number of hydrogen-bond acceptors (Lipinski definition) is 3. The molecule has 0 aromatic carbocycles. The molecule has 5 nitrogen and oxygen atoms in total. The Morgan fingerprint density at radius 3 is 3.11 bits per heavy atom. The minimum atomic E-state index is -0.114. The fourth-order valence-electron chi connectivity index (χ4n) is 1.98. The summed E-state index contributed by atoms with van der Waals surface area (Å²) in [6.07, 6.45) is 8.66. The summed E-state index contributed by atoms with van der Waals surface area (Å²) in [5, 5.41) is 0. The van der Waals surface area contributed by atoms with Gasteiger partial charge in [0.1, 0.15) is 11.3 Å². The molecule has 3 heterocycles. The van der Waals surface area contributed by atoms with Crippen molar-refractivity contribution in [2.24, 2.45) is 0 Å². The van der Waals surface area contributed by atoms with Crippen LogP contribution in [0.15, 0.2) is 47.9 Å². The number of pyridine rings is 1. The number of nitrogens with one attached hydrogen (secondary N) is 1. The van der Waals surface area contributed by atoms with Gasteiger partial charge in [0.25, 0.3) is 5.56 Å². The Labute approximate surface area is 103 Å². The highest BCUT2D eigenvalue weighted by molar-refractivity contribution is 5.74. The van der Waals surface area contributed by atoms with E-state index in [9.17, 15) is 4.79 Å². The molecule has 0 unspecified atom stereocenters. The van der Waals surface area contributed by atoms with Crippen molar-refractivity contribution in [2.45, 2.75) is 0 Å². The molecule has 0 aliphatic carbocycles. The zero-order chi connectivity index (χ0) is 12.5. The zero-order valence-corrected chi connectivity index (χ0v) is 9.75. The maximum Gasteiger partial charge on any atom is 0.272 e. The number of fused-ring (bicyclic) bond motifs is 1. The zero-order valence-electron chi connectivity index (χ0n) is 9.75. The number of hydrogen-bond donors (Lipinski definition) is 1. The molecule has 0 radical (unpaired) electrons. The van der Waals surface area contributed by atoms with Crippen LogP contribution in [0.1, 0.15) is 0 Å². The molecule has 3 aromatic rings. The summed E-state index contributed by atoms with van der Waals surface area (Å²) in [7, 11) is 1.60. The quantitative estimate of drug-likeness (QED) is 0.742. The summed E-state index contributed by atoms with van der Waals surface area (Å²) in [5.74, 6) is 0.685. The molecule has 0 spiro atoms. The number of methoxy groups -OCH3 is 1. The highest BCUT2D eigenvalue weighted by Crippen LogP contribution is 2.29. The van der Waals surface area contributed by atoms with Crippen LogP contribution in [0.4, 0.5) is 0 Å². The Hall–Kier alpha value is -2.56. The third kappa shape index (κ3) is 1.57. The molecule has 3 rings (SSSR count). The Morgan fingerprint density at radius 2 is 2.33 bits per heavy atom. The molecular formula is C13H11N3O2. The lowest BCUT2D eigenvalue weighted by Crippen LogP contribution is -2.06. The van der Waals surface area contributed by atoms with Crippen LogP contribution in [0.3, 0.4) is 0 Å². The average Bonchev–Trinajstić information content (AvgIpc) is 2.84. The first-order valence-corrected chi connectivity index (χ1v) is 5.47. The summed E-state index contributed by atoms with van der Waals surface area (Å²) in [6.45, 7) is 0. The van der Waals surface area contributed by atoms with Crippen molar-refractivity contribution >= 4 is 5.52 Å². The molecule has 0 saturated carbocycles. The van der Waals surface area contributed by atoms with Crippen molar-refractivity contribution in [1.82, 2.24) is 14.4 Å². The molecule has 0 amide bonds. The summed E-state index contributed by atoms with van der Waals surface area (Å²) in [4.78, 5) is 18.3. The van der Waals surface area contributed by atoms with E-state index in [-0.39, 0.29) is 5.56 Å².